The molecule has 2 aliphatic rings. The number of halogens is 2. The molecule has 3 aromatic carbocycles. The van der Waals surface area contributed by atoms with Gasteiger partial charge in [0.15, 0.2) is 0 Å². The van der Waals surface area contributed by atoms with Crippen LogP contribution < -0.4 is 15.5 Å². The summed E-state index contributed by atoms with van der Waals surface area (Å²) in [5, 5.41) is 6.51. The Kier molecular flexibility index (Phi) is 15.5. The van der Waals surface area contributed by atoms with Crippen molar-refractivity contribution in [3.63, 3.8) is 0 Å². The average Bonchev–Trinajstić information content (AvgIpc) is 4.14. The van der Waals surface area contributed by atoms with Crippen molar-refractivity contribution in [1.82, 2.24) is 40.4 Å². The highest BCUT2D eigenvalue weighted by Gasteiger charge is 2.41. The van der Waals surface area contributed by atoms with Crippen LogP contribution in [0.2, 0.25) is 10.0 Å². The highest BCUT2D eigenvalue weighted by atomic mass is 35.5. The molecule has 366 valence electrons. The van der Waals surface area contributed by atoms with E-state index in [1.807, 2.05) is 39.8 Å². The molecule has 2 aromatic heterocycles. The summed E-state index contributed by atoms with van der Waals surface area (Å²) in [6.07, 6.45) is 3.41. The average molecular weight is 973 g/mol. The van der Waals surface area contributed by atoms with Crippen LogP contribution in [0, 0.1) is 11.8 Å². The number of nitrogens with zero attached hydrogens (tertiary/aromatic N) is 5. The van der Waals surface area contributed by atoms with Crippen molar-refractivity contribution in [3.05, 3.63) is 86.9 Å². The molecule has 0 bridgehead atoms. The summed E-state index contributed by atoms with van der Waals surface area (Å²) in [5.74, 6) is 0.526. The minimum absolute atomic E-state index is 0.0439. The molecule has 0 radical (unpaired) electrons. The monoisotopic (exact) mass is 971 g/mol. The predicted octanol–water partition coefficient (Wildman–Crippen LogP) is 10.7. The zero-order valence-electron chi connectivity index (χ0n) is 41.0. The smallest absolute Gasteiger partial charge is 0.407 e. The number of alkyl carbamates (subject to hydrolysis) is 2. The predicted molar refractivity (Wildman–Crippen MR) is 267 cm³/mol. The first-order chi connectivity index (χ1) is 32.4. The van der Waals surface area contributed by atoms with Gasteiger partial charge in [0.2, 0.25) is 11.8 Å². The van der Waals surface area contributed by atoms with E-state index in [9.17, 15) is 19.2 Å². The summed E-state index contributed by atoms with van der Waals surface area (Å²) in [4.78, 5) is 75.3. The third-order valence-electron chi connectivity index (χ3n) is 13.5. The molecule has 7 rings (SSSR count). The van der Waals surface area contributed by atoms with Crippen molar-refractivity contribution < 1.29 is 28.7 Å². The molecule has 0 spiro atoms. The molecule has 0 aliphatic carbocycles. The number of unbranched alkanes of at least 4 members (excludes halogenated alkanes) is 1. The fourth-order valence-corrected chi connectivity index (χ4v) is 10.4. The van der Waals surface area contributed by atoms with Gasteiger partial charge in [-0.05, 0) is 90.3 Å². The number of nitrogens with one attached hydrogen (secondary N) is 4. The van der Waals surface area contributed by atoms with Crippen molar-refractivity contribution in [1.29, 1.82) is 0 Å². The van der Waals surface area contributed by atoms with E-state index in [4.69, 9.17) is 42.6 Å². The molecule has 2 aliphatic heterocycles. The van der Waals surface area contributed by atoms with E-state index in [0.29, 0.717) is 52.2 Å². The lowest BCUT2D eigenvalue weighted by atomic mass is 9.87. The Morgan fingerprint density at radius 1 is 0.779 bits per heavy atom. The number of hydrogen-bond donors (Lipinski definition) is 4. The van der Waals surface area contributed by atoms with Crippen molar-refractivity contribution in [2.75, 3.05) is 32.2 Å². The third kappa shape index (κ3) is 10.4. The second-order valence-electron chi connectivity index (χ2n) is 19.9. The molecule has 5 atom stereocenters. The van der Waals surface area contributed by atoms with Crippen LogP contribution in [0.15, 0.2) is 48.5 Å². The Bertz CT molecular complexity index is 2620. The van der Waals surface area contributed by atoms with Crippen molar-refractivity contribution in [2.45, 2.75) is 136 Å². The first-order valence-corrected chi connectivity index (χ1v) is 24.6. The summed E-state index contributed by atoms with van der Waals surface area (Å²) in [7, 11) is 2.57. The summed E-state index contributed by atoms with van der Waals surface area (Å²) in [5.41, 5.74) is 6.82. The van der Waals surface area contributed by atoms with Crippen LogP contribution in [0.1, 0.15) is 140 Å². The van der Waals surface area contributed by atoms with Crippen LogP contribution in [0.25, 0.3) is 22.1 Å². The number of hydrogen-bond acceptors (Lipinski definition) is 9. The van der Waals surface area contributed by atoms with Crippen LogP contribution in [0.4, 0.5) is 15.3 Å². The molecule has 1 unspecified atom stereocenters. The highest BCUT2D eigenvalue weighted by Crippen LogP contribution is 2.51. The van der Waals surface area contributed by atoms with E-state index in [0.717, 1.165) is 60.0 Å². The molecule has 5 aromatic rings. The Morgan fingerprint density at radius 2 is 1.34 bits per heavy atom. The number of likely N-dealkylation sites (tertiary alicyclic amines) is 1. The number of carbonyl (C=O) groups is 4. The second kappa shape index (κ2) is 21.0. The largest absolute Gasteiger partial charge is 0.453 e. The Morgan fingerprint density at radius 3 is 1.88 bits per heavy atom. The van der Waals surface area contributed by atoms with E-state index in [-0.39, 0.29) is 53.7 Å². The van der Waals surface area contributed by atoms with Crippen LogP contribution >= 0.6 is 23.2 Å². The van der Waals surface area contributed by atoms with Gasteiger partial charge in [-0.25, -0.2) is 19.6 Å². The fourth-order valence-electron chi connectivity index (χ4n) is 9.73. The molecule has 2 saturated heterocycles. The minimum Gasteiger partial charge on any atom is -0.453 e. The van der Waals surface area contributed by atoms with E-state index < -0.39 is 24.3 Å². The van der Waals surface area contributed by atoms with Crippen LogP contribution in [-0.4, -0.2) is 93.1 Å². The highest BCUT2D eigenvalue weighted by molar-refractivity contribution is 6.36. The molecule has 4 amide bonds. The number of ether oxygens (including phenoxy) is 2. The van der Waals surface area contributed by atoms with Crippen molar-refractivity contribution >= 4 is 75.0 Å². The lowest BCUT2D eigenvalue weighted by Crippen LogP contribution is -2.51. The molecule has 4 heterocycles. The molecule has 15 nitrogen and oxygen atoms in total. The number of methoxy groups -OCH3 is 2. The number of anilines is 1. The topological polar surface area (TPSA) is 178 Å². The Balaban J connectivity index is 1.22. The number of imidazole rings is 2. The molecule has 0 saturated carbocycles. The fraction of sp³-hybridized carbons (Fsp3) is 0.529. The molecule has 68 heavy (non-hydrogen) atoms. The number of carbonyl (C=O) groups excluding carboxylic acids is 4. The minimum atomic E-state index is -0.767. The maximum atomic E-state index is 14.0. The summed E-state index contributed by atoms with van der Waals surface area (Å²) in [6.45, 7) is 17.5. The van der Waals surface area contributed by atoms with Crippen molar-refractivity contribution in [2.24, 2.45) is 11.8 Å². The van der Waals surface area contributed by atoms with Crippen molar-refractivity contribution in [3.8, 4) is 0 Å². The third-order valence-corrected chi connectivity index (χ3v) is 14.3. The van der Waals surface area contributed by atoms with E-state index in [2.05, 4.69) is 89.6 Å². The number of amides is 4. The van der Waals surface area contributed by atoms with Gasteiger partial charge < -0.3 is 44.8 Å². The molecular weight excluding hydrogens is 906 g/mol. The summed E-state index contributed by atoms with van der Waals surface area (Å²) < 4.78 is 9.67. The van der Waals surface area contributed by atoms with Gasteiger partial charge in [-0.1, -0.05) is 109 Å². The van der Waals surface area contributed by atoms with Crippen LogP contribution in [0.3, 0.4) is 0 Å². The first-order valence-electron chi connectivity index (χ1n) is 23.9. The number of fused-ring (bicyclic) bond motifs is 2. The molecular formula is C51H67Cl2N9O6. The number of aromatic nitrogens is 4. The normalized spacial score (nSPS) is 18.4. The first kappa shape index (κ1) is 50.3. The van der Waals surface area contributed by atoms with Gasteiger partial charge in [-0.3, -0.25) is 9.59 Å². The van der Waals surface area contributed by atoms with E-state index >= 15 is 0 Å². The van der Waals surface area contributed by atoms with Gasteiger partial charge in [0.05, 0.1) is 60.0 Å². The Labute approximate surface area is 409 Å². The number of benzene rings is 3. The van der Waals surface area contributed by atoms with Gasteiger partial charge in [0, 0.05) is 18.8 Å². The second-order valence-corrected chi connectivity index (χ2v) is 20.6. The standard InChI is InChI=1S/C51H67Cl2N9O6/c1-11-12-25-60(47(63)42(28(2)3)58-49(65)67-9)27-39-54-34-21-19-32(40(52)44(34)56-39)36-23-24-37(62(36)31-17-15-30(16-18-31)51(6,7)8)33-20-22-35-45(41(33)53)57-46(55-35)38-14-13-26-61(38)48(64)43(29(4)5)59-50(66)68-10/h15-22,28-29,36-38,42-43H,11-14,23-27H2,1-10H3,(H,54,56)(H,55,57)(H,58,65)(H,59,66)/t36-,37+,38+,42+,43?/m1/s1. The lowest BCUT2D eigenvalue weighted by Gasteiger charge is -2.34. The lowest BCUT2D eigenvalue weighted by molar-refractivity contribution is -0.136. The Hall–Kier alpha value is -5.54. The summed E-state index contributed by atoms with van der Waals surface area (Å²) in [6, 6.07) is 14.8. The molecule has 2 fully saturated rings. The van der Waals surface area contributed by atoms with Crippen LogP contribution in [0.5, 0.6) is 0 Å². The van der Waals surface area contributed by atoms with Crippen LogP contribution in [-0.2, 0) is 31.0 Å². The maximum absolute atomic E-state index is 14.0. The number of H-pyrrole nitrogens is 2. The zero-order valence-corrected chi connectivity index (χ0v) is 42.5. The van der Waals surface area contributed by atoms with E-state index in [1.54, 1.807) is 9.80 Å². The zero-order chi connectivity index (χ0) is 49.2. The number of aromatic amines is 2. The number of rotatable bonds is 15. The van der Waals surface area contributed by atoms with Gasteiger partial charge in [-0.15, -0.1) is 0 Å². The summed E-state index contributed by atoms with van der Waals surface area (Å²) >= 11 is 14.9. The van der Waals surface area contributed by atoms with Gasteiger partial charge in [-0.2, -0.15) is 0 Å². The van der Waals surface area contributed by atoms with E-state index in [1.165, 1.54) is 19.8 Å². The maximum Gasteiger partial charge on any atom is 0.407 e. The van der Waals surface area contributed by atoms with Gasteiger partial charge >= 0.3 is 12.2 Å². The van der Waals surface area contributed by atoms with Gasteiger partial charge in [0.1, 0.15) is 34.8 Å². The quantitative estimate of drug-likeness (QED) is 0.0795. The SMILES string of the molecule is CCCCN(Cc1nc2c(Cl)c([C@H]3CC[C@@H](c4ccc5[nH]c([C@@H]6CCCN6C(=O)C(NC(=O)OC)C(C)C)nc5c4Cl)N3c3ccc(C(C)(C)C)cc3)ccc2[nH]1)C(=O)[C@@H](NC(=O)OC)C(C)C. The molecule has 4 N–H and O–H groups in total. The molecule has 17 heteroatoms. The van der Waals surface area contributed by atoms with Gasteiger partial charge in [0.25, 0.3) is 0 Å².